The second kappa shape index (κ2) is 9.64. The first-order valence-electron chi connectivity index (χ1n) is 10.2. The molecular weight excluding hydrogens is 362 g/mol. The fourth-order valence-corrected chi connectivity index (χ4v) is 5.39. The molecule has 2 aliphatic rings. The third kappa shape index (κ3) is 5.75. The summed E-state index contributed by atoms with van der Waals surface area (Å²) in [5.41, 5.74) is 1.16. The van der Waals surface area contributed by atoms with Crippen molar-refractivity contribution in [3.8, 4) is 0 Å². The molecule has 0 spiro atoms. The minimum Gasteiger partial charge on any atom is -0.480 e. The van der Waals surface area contributed by atoms with Gasteiger partial charge in [0.15, 0.2) is 0 Å². The van der Waals surface area contributed by atoms with Crippen molar-refractivity contribution in [1.82, 2.24) is 14.8 Å². The molecule has 1 saturated carbocycles. The summed E-state index contributed by atoms with van der Waals surface area (Å²) in [6, 6.07) is 0.0248. The number of carbonyl (C=O) groups excluding carboxylic acids is 1. The molecule has 1 unspecified atom stereocenters. The van der Waals surface area contributed by atoms with Crippen molar-refractivity contribution >= 4 is 23.2 Å². The number of amides is 1. The normalized spacial score (nSPS) is 22.3. The molecule has 6 nitrogen and oxygen atoms in total. The lowest BCUT2D eigenvalue weighted by atomic mass is 9.90. The van der Waals surface area contributed by atoms with Crippen molar-refractivity contribution in [2.24, 2.45) is 0 Å². The maximum atomic E-state index is 11.9. The highest BCUT2D eigenvalue weighted by Gasteiger charge is 2.26. The number of rotatable bonds is 6. The Bertz CT molecular complexity index is 642. The van der Waals surface area contributed by atoms with Gasteiger partial charge in [-0.05, 0) is 38.6 Å². The van der Waals surface area contributed by atoms with Crippen LogP contribution >= 0.6 is 11.3 Å². The minimum absolute atomic E-state index is 0.0248. The van der Waals surface area contributed by atoms with E-state index in [1.54, 1.807) is 0 Å². The van der Waals surface area contributed by atoms with Gasteiger partial charge in [0.2, 0.25) is 5.91 Å². The van der Waals surface area contributed by atoms with E-state index in [4.69, 9.17) is 10.1 Å². The van der Waals surface area contributed by atoms with Gasteiger partial charge in [-0.2, -0.15) is 0 Å². The number of carboxylic acid groups (broad SMARTS) is 1. The Morgan fingerprint density at radius 3 is 2.67 bits per heavy atom. The van der Waals surface area contributed by atoms with Crippen LogP contribution in [0.25, 0.3) is 0 Å². The van der Waals surface area contributed by atoms with Gasteiger partial charge in [0.25, 0.3) is 0 Å². The third-order valence-electron chi connectivity index (χ3n) is 5.85. The highest BCUT2D eigenvalue weighted by Crippen LogP contribution is 2.34. The second-order valence-corrected chi connectivity index (χ2v) is 8.80. The Hall–Kier alpha value is -1.47. The minimum atomic E-state index is -0.941. The number of carboxylic acids is 1. The van der Waals surface area contributed by atoms with E-state index >= 15 is 0 Å². The first-order valence-corrected chi connectivity index (χ1v) is 11.1. The van der Waals surface area contributed by atoms with Crippen LogP contribution in [0.2, 0.25) is 0 Å². The number of nitrogens with zero attached hydrogens (tertiary/aromatic N) is 3. The fourth-order valence-electron chi connectivity index (χ4n) is 4.41. The summed E-state index contributed by atoms with van der Waals surface area (Å²) in [6.07, 6.45) is 9.26. The highest BCUT2D eigenvalue weighted by molar-refractivity contribution is 7.09. The highest BCUT2D eigenvalue weighted by atomic mass is 32.1. The number of thiazole rings is 1. The average molecular weight is 394 g/mol. The van der Waals surface area contributed by atoms with E-state index in [1.165, 1.54) is 48.9 Å². The Labute approximate surface area is 165 Å². The molecule has 1 N–H and O–H groups in total. The Morgan fingerprint density at radius 1 is 1.19 bits per heavy atom. The van der Waals surface area contributed by atoms with Gasteiger partial charge in [0, 0.05) is 37.4 Å². The van der Waals surface area contributed by atoms with Crippen molar-refractivity contribution in [3.63, 3.8) is 0 Å². The maximum absolute atomic E-state index is 11.9. The molecule has 2 heterocycles. The monoisotopic (exact) mass is 393 g/mol. The van der Waals surface area contributed by atoms with E-state index in [9.17, 15) is 9.59 Å². The van der Waals surface area contributed by atoms with E-state index in [-0.39, 0.29) is 18.5 Å². The predicted molar refractivity (Wildman–Crippen MR) is 106 cm³/mol. The lowest BCUT2D eigenvalue weighted by Gasteiger charge is -2.28. The molecule has 1 aromatic heterocycles. The van der Waals surface area contributed by atoms with E-state index in [0.29, 0.717) is 5.92 Å². The van der Waals surface area contributed by atoms with Crippen LogP contribution in [0.1, 0.15) is 74.9 Å². The molecule has 1 aromatic rings. The number of carbonyl (C=O) groups is 2. The van der Waals surface area contributed by atoms with Crippen LogP contribution < -0.4 is 0 Å². The zero-order chi connectivity index (χ0) is 19.2. The van der Waals surface area contributed by atoms with Gasteiger partial charge in [-0.3, -0.25) is 14.5 Å². The largest absolute Gasteiger partial charge is 0.480 e. The Morgan fingerprint density at radius 2 is 1.96 bits per heavy atom. The molecule has 3 rings (SSSR count). The lowest BCUT2D eigenvalue weighted by Crippen LogP contribution is -2.42. The molecule has 1 aliphatic carbocycles. The SMILES string of the molecule is CC(=O)N(CC(=O)O)C1CCCN(Cc2csc(C3CCCCC3)n2)CC1. The van der Waals surface area contributed by atoms with E-state index in [1.807, 2.05) is 11.3 Å². The van der Waals surface area contributed by atoms with E-state index < -0.39 is 5.97 Å². The van der Waals surface area contributed by atoms with Gasteiger partial charge in [-0.25, -0.2) is 4.98 Å². The molecule has 1 saturated heterocycles. The standard InChI is InChI=1S/C20H31N3O3S/c1-15(24)23(13-19(25)26)18-8-5-10-22(11-9-18)12-17-14-27-20(21-17)16-6-3-2-4-7-16/h14,16,18H,2-13H2,1H3,(H,25,26). The molecule has 0 aromatic carbocycles. The topological polar surface area (TPSA) is 73.7 Å². The summed E-state index contributed by atoms with van der Waals surface area (Å²) >= 11 is 1.81. The number of aromatic nitrogens is 1. The third-order valence-corrected chi connectivity index (χ3v) is 6.91. The van der Waals surface area contributed by atoms with Crippen molar-refractivity contribution < 1.29 is 14.7 Å². The van der Waals surface area contributed by atoms with Gasteiger partial charge in [-0.15, -0.1) is 11.3 Å². The smallest absolute Gasteiger partial charge is 0.323 e. The van der Waals surface area contributed by atoms with Crippen molar-refractivity contribution in [1.29, 1.82) is 0 Å². The summed E-state index contributed by atoms with van der Waals surface area (Å²) < 4.78 is 0. The van der Waals surface area contributed by atoms with Crippen LogP contribution in [-0.2, 0) is 16.1 Å². The van der Waals surface area contributed by atoms with Crippen LogP contribution in [-0.4, -0.2) is 57.4 Å². The van der Waals surface area contributed by atoms with Crippen molar-refractivity contribution in [3.05, 3.63) is 16.1 Å². The number of aliphatic carboxylic acids is 1. The van der Waals surface area contributed by atoms with Gasteiger partial charge in [0.05, 0.1) is 10.7 Å². The molecule has 7 heteroatoms. The quantitative estimate of drug-likeness (QED) is 0.801. The van der Waals surface area contributed by atoms with Crippen LogP contribution in [0.15, 0.2) is 5.38 Å². The second-order valence-electron chi connectivity index (χ2n) is 7.91. The van der Waals surface area contributed by atoms with Crippen LogP contribution in [0.3, 0.4) is 0 Å². The van der Waals surface area contributed by atoms with Gasteiger partial charge in [0.1, 0.15) is 6.54 Å². The maximum Gasteiger partial charge on any atom is 0.323 e. The van der Waals surface area contributed by atoms with Crippen molar-refractivity contribution in [2.45, 2.75) is 76.8 Å². The summed E-state index contributed by atoms with van der Waals surface area (Å²) in [7, 11) is 0. The molecule has 0 bridgehead atoms. The molecular formula is C20H31N3O3S. The number of likely N-dealkylation sites (tertiary alicyclic amines) is 1. The van der Waals surface area contributed by atoms with Crippen molar-refractivity contribution in [2.75, 3.05) is 19.6 Å². The molecule has 27 heavy (non-hydrogen) atoms. The molecule has 1 aliphatic heterocycles. The number of hydrogen-bond donors (Lipinski definition) is 1. The lowest BCUT2D eigenvalue weighted by molar-refractivity contribution is -0.145. The van der Waals surface area contributed by atoms with Crippen LogP contribution in [0, 0.1) is 0 Å². The summed E-state index contributed by atoms with van der Waals surface area (Å²) in [6.45, 7) is 3.98. The van der Waals surface area contributed by atoms with Crippen LogP contribution in [0.5, 0.6) is 0 Å². The zero-order valence-electron chi connectivity index (χ0n) is 16.2. The average Bonchev–Trinajstić information content (AvgIpc) is 2.99. The summed E-state index contributed by atoms with van der Waals surface area (Å²) in [5, 5.41) is 12.6. The first kappa shape index (κ1) is 20.3. The van der Waals surface area contributed by atoms with E-state index in [0.717, 1.165) is 44.6 Å². The molecule has 1 atom stereocenters. The fraction of sp³-hybridized carbons (Fsp3) is 0.750. The van der Waals surface area contributed by atoms with Gasteiger partial charge in [-0.1, -0.05) is 19.3 Å². The summed E-state index contributed by atoms with van der Waals surface area (Å²) in [5.74, 6) is -0.428. The number of hydrogen-bond acceptors (Lipinski definition) is 5. The molecule has 150 valence electrons. The van der Waals surface area contributed by atoms with Crippen LogP contribution in [0.4, 0.5) is 0 Å². The summed E-state index contributed by atoms with van der Waals surface area (Å²) in [4.78, 5) is 31.8. The molecule has 0 radical (unpaired) electrons. The zero-order valence-corrected chi connectivity index (χ0v) is 17.0. The first-order chi connectivity index (χ1) is 13.0. The van der Waals surface area contributed by atoms with Gasteiger partial charge < -0.3 is 10.0 Å². The van der Waals surface area contributed by atoms with Gasteiger partial charge >= 0.3 is 5.97 Å². The van der Waals surface area contributed by atoms with E-state index in [2.05, 4.69) is 10.3 Å². The Balaban J connectivity index is 1.54. The molecule has 2 fully saturated rings. The molecule has 1 amide bonds. The Kier molecular flexibility index (Phi) is 7.24. The predicted octanol–water partition coefficient (Wildman–Crippen LogP) is 3.48.